The van der Waals surface area contributed by atoms with E-state index in [2.05, 4.69) is 0 Å². The number of hydrogen-bond donors (Lipinski definition) is 1. The van der Waals surface area contributed by atoms with Gasteiger partial charge in [-0.3, -0.25) is 24.1 Å². The van der Waals surface area contributed by atoms with E-state index in [0.717, 1.165) is 4.90 Å². The van der Waals surface area contributed by atoms with Crippen LogP contribution >= 0.6 is 23.2 Å². The van der Waals surface area contributed by atoms with Crippen molar-refractivity contribution in [2.75, 3.05) is 18.1 Å². The molecule has 8 nitrogen and oxygen atoms in total. The lowest BCUT2D eigenvalue weighted by Crippen LogP contribution is -2.60. The second-order valence-electron chi connectivity index (χ2n) is 13.0. The molecule has 0 radical (unpaired) electrons. The number of carbonyl (C=O) groups is 4. The molecule has 3 fully saturated rings. The van der Waals surface area contributed by atoms with Gasteiger partial charge >= 0.3 is 0 Å². The number of aliphatic hydroxyl groups excluding tert-OH is 1. The molecule has 6 rings (SSSR count). The zero-order valence-electron chi connectivity index (χ0n) is 25.1. The number of ether oxygens (including phenoxy) is 1. The highest BCUT2D eigenvalue weighted by Gasteiger charge is 2.77. The number of nitrogens with zero attached hydrogens (tertiary/aromatic N) is 2. The van der Waals surface area contributed by atoms with E-state index in [9.17, 15) is 32.3 Å². The lowest BCUT2D eigenvalue weighted by atomic mass is 9.56. The van der Waals surface area contributed by atoms with Crippen molar-refractivity contribution in [3.05, 3.63) is 70.6 Å². The summed E-state index contributed by atoms with van der Waals surface area (Å²) >= 11 is 14.2. The Morgan fingerprint density at radius 3 is 2.00 bits per heavy atom. The summed E-state index contributed by atoms with van der Waals surface area (Å²) in [7, 11) is 0. The van der Waals surface area contributed by atoms with Crippen molar-refractivity contribution in [3.8, 4) is 5.75 Å². The van der Waals surface area contributed by atoms with Gasteiger partial charge in [0, 0.05) is 11.5 Å². The van der Waals surface area contributed by atoms with Crippen molar-refractivity contribution in [2.24, 2.45) is 17.8 Å². The summed E-state index contributed by atoms with van der Waals surface area (Å²) in [6, 6.07) is 5.86. The molecule has 1 N–H and O–H groups in total. The number of allylic oxidation sites excluding steroid dienone is 2. The number of halogens is 7. The minimum atomic E-state index is -2.61. The highest BCUT2D eigenvalue weighted by Crippen LogP contribution is 2.66. The van der Waals surface area contributed by atoms with E-state index in [1.807, 2.05) is 0 Å². The smallest absolute Gasteiger partial charge is 0.258 e. The number of likely N-dealkylation sites (tertiary alicyclic amines) is 1. The van der Waals surface area contributed by atoms with Crippen molar-refractivity contribution >= 4 is 52.5 Å². The summed E-state index contributed by atoms with van der Waals surface area (Å²) in [5.41, 5.74) is -2.17. The van der Waals surface area contributed by atoms with Crippen LogP contribution in [0, 0.1) is 46.8 Å². The Kier molecular flexibility index (Phi) is 7.80. The molecule has 2 aromatic carbocycles. The molecule has 0 unspecified atom stereocenters. The molecular formula is C32H27Cl2F5N2O6. The number of aliphatic hydroxyl groups is 1. The Bertz CT molecular complexity index is 1750. The van der Waals surface area contributed by atoms with E-state index in [4.69, 9.17) is 33.0 Å². The van der Waals surface area contributed by atoms with Gasteiger partial charge in [0.25, 0.3) is 11.8 Å². The van der Waals surface area contributed by atoms with Crippen molar-refractivity contribution < 1.29 is 51.0 Å². The zero-order valence-corrected chi connectivity index (χ0v) is 26.6. The number of carbonyl (C=O) groups excluding carboxylic acids is 4. The third kappa shape index (κ3) is 4.41. The van der Waals surface area contributed by atoms with E-state index < -0.39 is 104 Å². The van der Waals surface area contributed by atoms with Gasteiger partial charge in [-0.15, -0.1) is 23.2 Å². The van der Waals surface area contributed by atoms with Gasteiger partial charge in [0.1, 0.15) is 18.0 Å². The molecule has 0 spiro atoms. The summed E-state index contributed by atoms with van der Waals surface area (Å²) in [5, 5.41) is 9.11. The van der Waals surface area contributed by atoms with Gasteiger partial charge in [-0.2, -0.15) is 0 Å². The minimum Gasteiger partial charge on any atom is -0.491 e. The number of amides is 4. The highest BCUT2D eigenvalue weighted by atomic mass is 35.5. The van der Waals surface area contributed by atoms with Crippen molar-refractivity contribution in [1.82, 2.24) is 4.90 Å². The maximum absolute atomic E-state index is 15.1. The van der Waals surface area contributed by atoms with Gasteiger partial charge < -0.3 is 9.84 Å². The van der Waals surface area contributed by atoms with Crippen molar-refractivity contribution in [2.45, 2.75) is 54.8 Å². The number of anilines is 1. The van der Waals surface area contributed by atoms with Crippen LogP contribution in [-0.4, -0.2) is 62.1 Å². The normalized spacial score (nSPS) is 30.4. The van der Waals surface area contributed by atoms with Crippen LogP contribution in [0.3, 0.4) is 0 Å². The number of benzene rings is 2. The third-order valence-corrected chi connectivity index (χ3v) is 10.9. The Morgan fingerprint density at radius 2 is 1.45 bits per heavy atom. The second kappa shape index (κ2) is 11.0. The Hall–Kier alpha value is -3.55. The molecule has 4 amide bonds. The predicted molar refractivity (Wildman–Crippen MR) is 157 cm³/mol. The number of alkyl halides is 2. The van der Waals surface area contributed by atoms with E-state index in [1.165, 1.54) is 24.3 Å². The van der Waals surface area contributed by atoms with Gasteiger partial charge in [-0.25, -0.2) is 26.9 Å². The minimum absolute atomic E-state index is 0.0480. The molecular weight excluding hydrogens is 674 g/mol. The number of rotatable bonds is 5. The average Bonchev–Trinajstić information content (AvgIpc) is 3.37. The Morgan fingerprint density at radius 1 is 0.872 bits per heavy atom. The van der Waals surface area contributed by atoms with Crippen LogP contribution in [0.2, 0.25) is 0 Å². The first-order valence-electron chi connectivity index (χ1n) is 14.6. The maximum Gasteiger partial charge on any atom is 0.258 e. The molecule has 2 saturated heterocycles. The second-order valence-corrected chi connectivity index (χ2v) is 14.3. The lowest BCUT2D eigenvalue weighted by Gasteiger charge is -2.50. The fourth-order valence-corrected chi connectivity index (χ4v) is 8.46. The van der Waals surface area contributed by atoms with E-state index in [-0.39, 0.29) is 30.1 Å². The Balaban J connectivity index is 1.56. The molecule has 1 saturated carbocycles. The summed E-state index contributed by atoms with van der Waals surface area (Å²) in [5.74, 6) is -20.3. The fraction of sp³-hybridized carbons (Fsp3) is 0.438. The average molecular weight is 701 g/mol. The highest BCUT2D eigenvalue weighted by molar-refractivity contribution is 6.58. The molecule has 4 aliphatic rings. The third-order valence-electron chi connectivity index (χ3n) is 9.47. The van der Waals surface area contributed by atoms with Crippen LogP contribution in [0.1, 0.15) is 45.1 Å². The van der Waals surface area contributed by atoms with Crippen molar-refractivity contribution in [3.63, 3.8) is 0 Å². The molecule has 0 bridgehead atoms. The number of fused-ring (bicyclic) bond motifs is 4. The number of hydrogen-bond acceptors (Lipinski definition) is 6. The van der Waals surface area contributed by atoms with Gasteiger partial charge in [0.2, 0.25) is 17.6 Å². The summed E-state index contributed by atoms with van der Waals surface area (Å²) < 4.78 is 78.3. The van der Waals surface area contributed by atoms with Crippen LogP contribution in [-0.2, 0) is 19.2 Å². The van der Waals surface area contributed by atoms with Gasteiger partial charge in [-0.05, 0) is 57.2 Å². The maximum atomic E-state index is 15.1. The summed E-state index contributed by atoms with van der Waals surface area (Å²) in [6.45, 7) is 4.68. The first kappa shape index (κ1) is 33.4. The fourth-order valence-electron chi connectivity index (χ4n) is 7.52. The first-order chi connectivity index (χ1) is 21.9. The largest absolute Gasteiger partial charge is 0.491 e. The SMILES string of the molecule is CC(C)(C)N1C(=O)[C@H]2[C@H](CC=C3[C@H]2C[C@@]2(Cl)C(=O)N(c4c(F)c(F)c(F)c(F)c4F)C(=O)[C@@]2(Cl)[C@H]3c2ccc(OCCO)cc2)C1=O. The monoisotopic (exact) mass is 700 g/mol. The molecule has 2 aliphatic heterocycles. The van der Waals surface area contributed by atoms with Crippen LogP contribution in [0.15, 0.2) is 35.9 Å². The molecule has 2 aromatic rings. The molecule has 6 atom stereocenters. The molecule has 15 heteroatoms. The topological polar surface area (TPSA) is 104 Å². The molecule has 2 heterocycles. The molecule has 250 valence electrons. The van der Waals surface area contributed by atoms with Gasteiger partial charge in [0.05, 0.1) is 18.4 Å². The van der Waals surface area contributed by atoms with Crippen LogP contribution < -0.4 is 9.64 Å². The zero-order chi connectivity index (χ0) is 34.5. The lowest BCUT2D eigenvalue weighted by molar-refractivity contribution is -0.145. The molecule has 2 aliphatic carbocycles. The Labute approximate surface area is 275 Å². The van der Waals surface area contributed by atoms with Crippen LogP contribution in [0.4, 0.5) is 27.6 Å². The molecule has 0 aromatic heterocycles. The van der Waals surface area contributed by atoms with Gasteiger partial charge in [0.15, 0.2) is 33.0 Å². The van der Waals surface area contributed by atoms with Crippen LogP contribution in [0.25, 0.3) is 0 Å². The molecule has 47 heavy (non-hydrogen) atoms. The summed E-state index contributed by atoms with van der Waals surface area (Å²) in [6.07, 6.45) is 1.10. The standard InChI is InChI=1S/C32H27Cl2F5N2O6/c1-30(2,3)41-26(43)16-9-8-15-17(18(16)27(41)44)12-31(33)28(45)40(25-23(38)21(36)20(35)22(37)24(25)39)29(46)32(31,34)19(15)13-4-6-14(7-5-13)47-11-10-42/h4-8,16-19,42H,9-12H2,1-3H3/t16-,17+,18-,19-,31+,32-/m0/s1. The van der Waals surface area contributed by atoms with Gasteiger partial charge in [-0.1, -0.05) is 23.8 Å². The van der Waals surface area contributed by atoms with E-state index in [0.29, 0.717) is 11.3 Å². The number of imide groups is 2. The van der Waals surface area contributed by atoms with Crippen molar-refractivity contribution in [1.29, 1.82) is 0 Å². The summed E-state index contributed by atoms with van der Waals surface area (Å²) in [4.78, 5) is 51.6. The predicted octanol–water partition coefficient (Wildman–Crippen LogP) is 5.12. The van der Waals surface area contributed by atoms with E-state index in [1.54, 1.807) is 26.8 Å². The quantitative estimate of drug-likeness (QED) is 0.116. The van der Waals surface area contributed by atoms with Crippen LogP contribution in [0.5, 0.6) is 5.75 Å². The van der Waals surface area contributed by atoms with E-state index >= 15 is 8.78 Å². The first-order valence-corrected chi connectivity index (χ1v) is 15.4.